The van der Waals surface area contributed by atoms with Crippen molar-refractivity contribution >= 4 is 35.6 Å². The topological polar surface area (TPSA) is 142 Å². The van der Waals surface area contributed by atoms with Crippen LogP contribution in [0, 0.1) is 0 Å². The standard InChI is InChI=1S/C18H20N8O3S/c1-28-13-7-6-12(9-14(13)29-2)10-21-23-17-24-25-18(26(17)19)30-11-16(27)22-15-5-3-4-8-20-15/h3-10H,11,19H2,1-2H3,(H,23,24)(H,20,22,27)/b21-10+. The van der Waals surface area contributed by atoms with E-state index in [0.717, 1.165) is 17.3 Å². The molecule has 30 heavy (non-hydrogen) atoms. The smallest absolute Gasteiger partial charge is 0.264 e. The van der Waals surface area contributed by atoms with Gasteiger partial charge in [0.1, 0.15) is 5.82 Å². The maximum absolute atomic E-state index is 12.0. The number of methoxy groups -OCH3 is 2. The largest absolute Gasteiger partial charge is 0.493 e. The van der Waals surface area contributed by atoms with E-state index < -0.39 is 0 Å². The summed E-state index contributed by atoms with van der Waals surface area (Å²) in [5.41, 5.74) is 3.49. The summed E-state index contributed by atoms with van der Waals surface area (Å²) in [6.45, 7) is 0. The molecule has 4 N–H and O–H groups in total. The number of nitrogens with two attached hydrogens (primary N) is 1. The van der Waals surface area contributed by atoms with Crippen molar-refractivity contribution in [1.82, 2.24) is 19.9 Å². The monoisotopic (exact) mass is 428 g/mol. The van der Waals surface area contributed by atoms with Crippen molar-refractivity contribution in [3.63, 3.8) is 0 Å². The molecule has 156 valence electrons. The van der Waals surface area contributed by atoms with Crippen LogP contribution in [0.1, 0.15) is 5.56 Å². The molecule has 11 nitrogen and oxygen atoms in total. The van der Waals surface area contributed by atoms with Crippen molar-refractivity contribution in [1.29, 1.82) is 0 Å². The van der Waals surface area contributed by atoms with Crippen molar-refractivity contribution in [3.8, 4) is 11.5 Å². The van der Waals surface area contributed by atoms with Crippen molar-refractivity contribution in [2.24, 2.45) is 5.10 Å². The molecule has 0 atom stereocenters. The quantitative estimate of drug-likeness (QED) is 0.200. The number of anilines is 2. The molecule has 0 fully saturated rings. The van der Waals surface area contributed by atoms with Crippen molar-refractivity contribution in [3.05, 3.63) is 48.2 Å². The summed E-state index contributed by atoms with van der Waals surface area (Å²) in [4.78, 5) is 16.0. The maximum Gasteiger partial charge on any atom is 0.264 e. The van der Waals surface area contributed by atoms with Crippen LogP contribution in [0.2, 0.25) is 0 Å². The second-order valence-electron chi connectivity index (χ2n) is 5.71. The molecule has 0 bridgehead atoms. The minimum Gasteiger partial charge on any atom is -0.493 e. The Kier molecular flexibility index (Phi) is 7.05. The number of hydrogen-bond acceptors (Lipinski definition) is 10. The van der Waals surface area contributed by atoms with Gasteiger partial charge in [0.05, 0.1) is 26.2 Å². The summed E-state index contributed by atoms with van der Waals surface area (Å²) >= 11 is 1.14. The predicted molar refractivity (Wildman–Crippen MR) is 115 cm³/mol. The van der Waals surface area contributed by atoms with Crippen LogP contribution in [-0.2, 0) is 4.79 Å². The van der Waals surface area contributed by atoms with Gasteiger partial charge in [-0.15, -0.1) is 10.2 Å². The molecule has 0 spiro atoms. The van der Waals surface area contributed by atoms with E-state index in [9.17, 15) is 4.79 Å². The van der Waals surface area contributed by atoms with Gasteiger partial charge in [-0.2, -0.15) is 5.10 Å². The molecule has 0 aliphatic heterocycles. The summed E-state index contributed by atoms with van der Waals surface area (Å²) in [6.07, 6.45) is 3.17. The molecule has 3 aromatic rings. The number of ether oxygens (including phenoxy) is 2. The second-order valence-corrected chi connectivity index (χ2v) is 6.65. The van der Waals surface area contributed by atoms with Gasteiger partial charge < -0.3 is 20.6 Å². The van der Waals surface area contributed by atoms with Gasteiger partial charge in [0, 0.05) is 6.20 Å². The Labute approximate surface area is 176 Å². The fourth-order valence-electron chi connectivity index (χ4n) is 2.30. The zero-order valence-electron chi connectivity index (χ0n) is 16.3. The number of hydrogen-bond donors (Lipinski definition) is 3. The average Bonchev–Trinajstić information content (AvgIpc) is 3.12. The molecule has 2 heterocycles. The van der Waals surface area contributed by atoms with Crippen molar-refractivity contribution in [2.75, 3.05) is 36.6 Å². The predicted octanol–water partition coefficient (Wildman–Crippen LogP) is 1.58. The minimum atomic E-state index is -0.234. The molecular formula is C18H20N8O3S. The number of carbonyl (C=O) groups is 1. The molecule has 0 saturated heterocycles. The van der Waals surface area contributed by atoms with Gasteiger partial charge in [-0.1, -0.05) is 17.8 Å². The van der Waals surface area contributed by atoms with Gasteiger partial charge in [0.25, 0.3) is 5.95 Å². The molecule has 0 aliphatic carbocycles. The highest BCUT2D eigenvalue weighted by Crippen LogP contribution is 2.26. The Bertz CT molecular complexity index is 1030. The lowest BCUT2D eigenvalue weighted by atomic mass is 10.2. The number of rotatable bonds is 9. The Balaban J connectivity index is 1.55. The molecule has 3 rings (SSSR count). The van der Waals surface area contributed by atoms with Crippen LogP contribution < -0.4 is 26.1 Å². The fourth-order valence-corrected chi connectivity index (χ4v) is 2.95. The Hall–Kier alpha value is -3.80. The number of carbonyl (C=O) groups excluding carboxylic acids is 1. The number of nitrogen functional groups attached to an aromatic ring is 1. The minimum absolute atomic E-state index is 0.0980. The van der Waals surface area contributed by atoms with E-state index in [2.05, 4.69) is 31.0 Å². The van der Waals surface area contributed by atoms with Crippen LogP contribution in [0.3, 0.4) is 0 Å². The zero-order valence-corrected chi connectivity index (χ0v) is 17.1. The van der Waals surface area contributed by atoms with E-state index >= 15 is 0 Å². The van der Waals surface area contributed by atoms with Crippen molar-refractivity contribution in [2.45, 2.75) is 5.16 Å². The number of nitrogens with one attached hydrogen (secondary N) is 2. The number of amides is 1. The first kappa shape index (κ1) is 20.9. The summed E-state index contributed by atoms with van der Waals surface area (Å²) in [6, 6.07) is 10.6. The van der Waals surface area contributed by atoms with Gasteiger partial charge in [0.15, 0.2) is 11.5 Å². The van der Waals surface area contributed by atoms with Gasteiger partial charge in [-0.25, -0.2) is 15.1 Å². The third-order valence-corrected chi connectivity index (χ3v) is 4.66. The lowest BCUT2D eigenvalue weighted by Crippen LogP contribution is -2.17. The van der Waals surface area contributed by atoms with Crippen LogP contribution in [0.5, 0.6) is 11.5 Å². The van der Waals surface area contributed by atoms with Crippen LogP contribution in [-0.4, -0.2) is 52.0 Å². The van der Waals surface area contributed by atoms with E-state index in [-0.39, 0.29) is 17.6 Å². The number of hydrazone groups is 1. The van der Waals surface area contributed by atoms with Crippen LogP contribution in [0.15, 0.2) is 52.9 Å². The molecule has 0 saturated carbocycles. The molecule has 2 aromatic heterocycles. The average molecular weight is 428 g/mol. The summed E-state index contributed by atoms with van der Waals surface area (Å²) in [7, 11) is 3.13. The third-order valence-electron chi connectivity index (χ3n) is 3.72. The summed E-state index contributed by atoms with van der Waals surface area (Å²) in [5.74, 6) is 7.73. The number of thioether (sulfide) groups is 1. The highest BCUT2D eigenvalue weighted by Gasteiger charge is 2.12. The van der Waals surface area contributed by atoms with E-state index in [1.807, 2.05) is 6.07 Å². The van der Waals surface area contributed by atoms with E-state index in [1.165, 1.54) is 4.68 Å². The van der Waals surface area contributed by atoms with E-state index in [0.29, 0.717) is 22.5 Å². The number of benzene rings is 1. The molecule has 0 aliphatic rings. The van der Waals surface area contributed by atoms with Gasteiger partial charge in [-0.05, 0) is 35.9 Å². The lowest BCUT2D eigenvalue weighted by molar-refractivity contribution is -0.113. The molecule has 12 heteroatoms. The maximum atomic E-state index is 12.0. The van der Waals surface area contributed by atoms with E-state index in [1.54, 1.807) is 57.0 Å². The molecule has 1 aromatic carbocycles. The first-order valence-electron chi connectivity index (χ1n) is 8.66. The molecule has 0 unspecified atom stereocenters. The van der Waals surface area contributed by atoms with Crippen LogP contribution in [0.25, 0.3) is 0 Å². The highest BCUT2D eigenvalue weighted by molar-refractivity contribution is 7.99. The second kappa shape index (κ2) is 10.1. The van der Waals surface area contributed by atoms with Gasteiger partial charge >= 0.3 is 0 Å². The molecule has 0 radical (unpaired) electrons. The van der Waals surface area contributed by atoms with Crippen LogP contribution in [0.4, 0.5) is 11.8 Å². The fraction of sp³-hybridized carbons (Fsp3) is 0.167. The highest BCUT2D eigenvalue weighted by atomic mass is 32.2. The van der Waals surface area contributed by atoms with Gasteiger partial charge in [0.2, 0.25) is 11.1 Å². The normalized spacial score (nSPS) is 10.7. The first-order valence-corrected chi connectivity index (χ1v) is 9.64. The van der Waals surface area contributed by atoms with Crippen molar-refractivity contribution < 1.29 is 14.3 Å². The Morgan fingerprint density at radius 2 is 2.07 bits per heavy atom. The summed E-state index contributed by atoms with van der Waals surface area (Å²) in [5, 5.41) is 15.0. The molecular weight excluding hydrogens is 408 g/mol. The first-order chi connectivity index (χ1) is 14.6. The van der Waals surface area contributed by atoms with E-state index in [4.69, 9.17) is 15.3 Å². The lowest BCUT2D eigenvalue weighted by Gasteiger charge is -2.07. The zero-order chi connectivity index (χ0) is 21.3. The number of aromatic nitrogens is 4. The van der Waals surface area contributed by atoms with Gasteiger partial charge in [-0.3, -0.25) is 4.79 Å². The SMILES string of the molecule is COc1ccc(/C=N/Nc2nnc(SCC(=O)Nc3ccccn3)n2N)cc1OC. The Morgan fingerprint density at radius 1 is 1.23 bits per heavy atom. The third kappa shape index (κ3) is 5.38. The molecule has 1 amide bonds. The number of nitrogens with zero attached hydrogens (tertiary/aromatic N) is 5. The Morgan fingerprint density at radius 3 is 2.80 bits per heavy atom. The summed E-state index contributed by atoms with van der Waals surface area (Å²) < 4.78 is 11.7. The van der Waals surface area contributed by atoms with Crippen LogP contribution >= 0.6 is 11.8 Å². The number of pyridine rings is 1.